The van der Waals surface area contributed by atoms with Gasteiger partial charge >= 0.3 is 0 Å². The van der Waals surface area contributed by atoms with Crippen LogP contribution in [0.5, 0.6) is 5.75 Å². The minimum Gasteiger partial charge on any atom is -0.503 e. The Bertz CT molecular complexity index is 370. The highest BCUT2D eigenvalue weighted by molar-refractivity contribution is 5.41. The van der Waals surface area contributed by atoms with Crippen LogP contribution in [0.2, 0.25) is 0 Å². The number of phenolic OH excluding ortho intramolecular Hbond substituents is 1. The first-order valence-electron chi connectivity index (χ1n) is 5.07. The van der Waals surface area contributed by atoms with Crippen LogP contribution in [0.4, 0.5) is 8.78 Å². The second kappa shape index (κ2) is 4.17. The Kier molecular flexibility index (Phi) is 3.32. The van der Waals surface area contributed by atoms with Gasteiger partial charge in [0.25, 0.3) is 0 Å². The number of hydrogen-bond acceptors (Lipinski definition) is 1. The first-order chi connectivity index (χ1) is 6.86. The van der Waals surface area contributed by atoms with Crippen LogP contribution in [-0.2, 0) is 0 Å². The second-order valence-corrected chi connectivity index (χ2v) is 4.33. The molecule has 0 bridgehead atoms. The molecule has 0 unspecified atom stereocenters. The molecule has 1 rings (SSSR count). The predicted molar refractivity (Wildman–Crippen MR) is 56.2 cm³/mol. The number of halogens is 2. The summed E-state index contributed by atoms with van der Waals surface area (Å²) in [4.78, 5) is 0. The molecule has 0 radical (unpaired) electrons. The normalized spacial score (nSPS) is 11.5. The molecule has 84 valence electrons. The van der Waals surface area contributed by atoms with E-state index in [9.17, 15) is 13.9 Å². The molecule has 0 aliphatic carbocycles. The third-order valence-electron chi connectivity index (χ3n) is 2.46. The first-order valence-corrected chi connectivity index (χ1v) is 5.07. The van der Waals surface area contributed by atoms with E-state index in [1.807, 2.05) is 27.7 Å². The number of aromatic hydroxyl groups is 1. The SMILES string of the molecule is CC(C)c1cc(F)c(O)c(F)c1C(C)C. The van der Waals surface area contributed by atoms with Gasteiger partial charge in [-0.25, -0.2) is 8.78 Å². The average Bonchev–Trinajstić information content (AvgIpc) is 2.12. The van der Waals surface area contributed by atoms with Crippen molar-refractivity contribution in [2.24, 2.45) is 0 Å². The molecule has 0 spiro atoms. The van der Waals surface area contributed by atoms with Gasteiger partial charge in [0.2, 0.25) is 0 Å². The summed E-state index contributed by atoms with van der Waals surface area (Å²) in [5.74, 6) is -2.63. The van der Waals surface area contributed by atoms with E-state index in [-0.39, 0.29) is 11.8 Å². The van der Waals surface area contributed by atoms with Crippen LogP contribution in [0.1, 0.15) is 50.7 Å². The molecule has 0 saturated carbocycles. The molecule has 1 nitrogen and oxygen atoms in total. The van der Waals surface area contributed by atoms with Crippen LogP contribution in [0.3, 0.4) is 0 Å². The monoisotopic (exact) mass is 214 g/mol. The maximum atomic E-state index is 13.6. The summed E-state index contributed by atoms with van der Waals surface area (Å²) in [6, 6.07) is 1.22. The molecule has 0 heterocycles. The minimum atomic E-state index is -0.888. The second-order valence-electron chi connectivity index (χ2n) is 4.33. The van der Waals surface area contributed by atoms with Crippen molar-refractivity contribution in [3.63, 3.8) is 0 Å². The largest absolute Gasteiger partial charge is 0.503 e. The fourth-order valence-corrected chi connectivity index (χ4v) is 1.71. The summed E-state index contributed by atoms with van der Waals surface area (Å²) in [5.41, 5.74) is 1.03. The van der Waals surface area contributed by atoms with Crippen molar-refractivity contribution < 1.29 is 13.9 Å². The quantitative estimate of drug-likeness (QED) is 0.791. The van der Waals surface area contributed by atoms with Gasteiger partial charge < -0.3 is 5.11 Å². The minimum absolute atomic E-state index is 0.0343. The molecular formula is C12H16F2O. The lowest BCUT2D eigenvalue weighted by molar-refractivity contribution is 0.389. The third kappa shape index (κ3) is 2.11. The molecule has 0 amide bonds. The molecule has 15 heavy (non-hydrogen) atoms. The van der Waals surface area contributed by atoms with Gasteiger partial charge in [-0.3, -0.25) is 0 Å². The van der Waals surface area contributed by atoms with E-state index in [1.54, 1.807) is 0 Å². The number of benzene rings is 1. The van der Waals surface area contributed by atoms with Gasteiger partial charge in [-0.1, -0.05) is 27.7 Å². The van der Waals surface area contributed by atoms with Crippen molar-refractivity contribution in [1.29, 1.82) is 0 Å². The van der Waals surface area contributed by atoms with Gasteiger partial charge in [0, 0.05) is 0 Å². The van der Waals surface area contributed by atoms with E-state index >= 15 is 0 Å². The summed E-state index contributed by atoms with van der Waals surface area (Å²) < 4.78 is 26.8. The summed E-state index contributed by atoms with van der Waals surface area (Å²) in [6.45, 7) is 7.39. The van der Waals surface area contributed by atoms with E-state index in [0.29, 0.717) is 11.1 Å². The lowest BCUT2D eigenvalue weighted by Crippen LogP contribution is -2.04. The molecule has 0 aliphatic rings. The summed E-state index contributed by atoms with van der Waals surface area (Å²) in [5, 5.41) is 9.19. The molecule has 0 atom stereocenters. The smallest absolute Gasteiger partial charge is 0.188 e. The van der Waals surface area contributed by atoms with E-state index in [4.69, 9.17) is 0 Å². The van der Waals surface area contributed by atoms with E-state index in [1.165, 1.54) is 6.07 Å². The van der Waals surface area contributed by atoms with Crippen LogP contribution in [0.15, 0.2) is 6.07 Å². The predicted octanol–water partition coefficient (Wildman–Crippen LogP) is 3.92. The number of phenols is 1. The molecule has 1 aromatic rings. The number of rotatable bonds is 2. The van der Waals surface area contributed by atoms with Crippen molar-refractivity contribution in [1.82, 2.24) is 0 Å². The molecule has 0 aliphatic heterocycles. The highest BCUT2D eigenvalue weighted by Gasteiger charge is 2.21. The van der Waals surface area contributed by atoms with E-state index in [2.05, 4.69) is 0 Å². The van der Waals surface area contributed by atoms with E-state index in [0.717, 1.165) is 0 Å². The van der Waals surface area contributed by atoms with Gasteiger partial charge in [-0.15, -0.1) is 0 Å². The Balaban J connectivity index is 3.51. The highest BCUT2D eigenvalue weighted by atomic mass is 19.1. The molecule has 0 fully saturated rings. The van der Waals surface area contributed by atoms with Gasteiger partial charge in [-0.2, -0.15) is 0 Å². The summed E-state index contributed by atoms with van der Waals surface area (Å²) >= 11 is 0. The fourth-order valence-electron chi connectivity index (χ4n) is 1.71. The zero-order valence-electron chi connectivity index (χ0n) is 9.44. The fraction of sp³-hybridized carbons (Fsp3) is 0.500. The maximum Gasteiger partial charge on any atom is 0.188 e. The zero-order chi connectivity index (χ0) is 11.7. The average molecular weight is 214 g/mol. The van der Waals surface area contributed by atoms with Gasteiger partial charge in [-0.05, 0) is 29.0 Å². The molecule has 0 aromatic heterocycles. The van der Waals surface area contributed by atoms with Crippen LogP contribution in [-0.4, -0.2) is 5.11 Å². The lowest BCUT2D eigenvalue weighted by atomic mass is 9.89. The van der Waals surface area contributed by atoms with Crippen LogP contribution in [0, 0.1) is 11.6 Å². The van der Waals surface area contributed by atoms with E-state index < -0.39 is 17.4 Å². The Morgan fingerprint density at radius 3 is 2.00 bits per heavy atom. The van der Waals surface area contributed by atoms with Crippen molar-refractivity contribution in [2.75, 3.05) is 0 Å². The van der Waals surface area contributed by atoms with Crippen molar-refractivity contribution in [3.05, 3.63) is 28.8 Å². The molecule has 1 N–H and O–H groups in total. The van der Waals surface area contributed by atoms with Gasteiger partial charge in [0.15, 0.2) is 17.4 Å². The Morgan fingerprint density at radius 1 is 1.07 bits per heavy atom. The van der Waals surface area contributed by atoms with Crippen molar-refractivity contribution >= 4 is 0 Å². The van der Waals surface area contributed by atoms with Gasteiger partial charge in [0.05, 0.1) is 0 Å². The lowest BCUT2D eigenvalue weighted by Gasteiger charge is -2.17. The Labute approximate surface area is 88.7 Å². The molecule has 1 aromatic carbocycles. The topological polar surface area (TPSA) is 20.2 Å². The summed E-state index contributed by atoms with van der Waals surface area (Å²) in [6.07, 6.45) is 0. The number of hydrogen-bond donors (Lipinski definition) is 1. The van der Waals surface area contributed by atoms with Gasteiger partial charge in [0.1, 0.15) is 0 Å². The molecular weight excluding hydrogens is 198 g/mol. The van der Waals surface area contributed by atoms with Crippen LogP contribution in [0.25, 0.3) is 0 Å². The standard InChI is InChI=1S/C12H16F2O/c1-6(2)8-5-9(13)12(15)11(14)10(8)7(3)4/h5-7,15H,1-4H3. The van der Waals surface area contributed by atoms with Crippen molar-refractivity contribution in [3.8, 4) is 5.75 Å². The Hall–Kier alpha value is -1.12. The molecule has 0 saturated heterocycles. The molecule has 3 heteroatoms. The van der Waals surface area contributed by atoms with Crippen molar-refractivity contribution in [2.45, 2.75) is 39.5 Å². The summed E-state index contributed by atoms with van der Waals surface area (Å²) in [7, 11) is 0. The highest BCUT2D eigenvalue weighted by Crippen LogP contribution is 2.34. The maximum absolute atomic E-state index is 13.6. The third-order valence-corrected chi connectivity index (χ3v) is 2.46. The van der Waals surface area contributed by atoms with Crippen LogP contribution >= 0.6 is 0 Å². The zero-order valence-corrected chi connectivity index (χ0v) is 9.44. The van der Waals surface area contributed by atoms with Crippen LogP contribution < -0.4 is 0 Å². The first kappa shape index (κ1) is 12.0. The Morgan fingerprint density at radius 2 is 1.60 bits per heavy atom.